The molecule has 0 radical (unpaired) electrons. The lowest BCUT2D eigenvalue weighted by atomic mass is 9.91. The molecule has 0 spiro atoms. The molecule has 1 unspecified atom stereocenters. The van der Waals surface area contributed by atoms with Crippen LogP contribution < -0.4 is 4.74 Å². The highest BCUT2D eigenvalue weighted by Crippen LogP contribution is 2.31. The Kier molecular flexibility index (Phi) is 4.43. The first-order chi connectivity index (χ1) is 9.20. The number of esters is 1. The van der Waals surface area contributed by atoms with Crippen LogP contribution in [0.4, 0.5) is 0 Å². The molecule has 1 aromatic rings. The van der Waals surface area contributed by atoms with Gasteiger partial charge in [0.15, 0.2) is 5.60 Å². The molecule has 0 amide bonds. The van der Waals surface area contributed by atoms with Crippen molar-refractivity contribution in [1.29, 1.82) is 0 Å². The van der Waals surface area contributed by atoms with Gasteiger partial charge in [0.05, 0.1) is 13.7 Å². The number of hydrogen-bond acceptors (Lipinski definition) is 4. The molecule has 1 aromatic carbocycles. The van der Waals surface area contributed by atoms with Gasteiger partial charge in [0, 0.05) is 13.0 Å². The molecule has 1 aliphatic heterocycles. The van der Waals surface area contributed by atoms with Crippen molar-refractivity contribution in [2.75, 3.05) is 20.3 Å². The van der Waals surface area contributed by atoms with Crippen molar-refractivity contribution in [1.82, 2.24) is 0 Å². The van der Waals surface area contributed by atoms with Crippen molar-refractivity contribution in [2.45, 2.75) is 31.8 Å². The zero-order chi connectivity index (χ0) is 13.7. The van der Waals surface area contributed by atoms with Crippen LogP contribution in [-0.4, -0.2) is 31.9 Å². The summed E-state index contributed by atoms with van der Waals surface area (Å²) in [6.07, 6.45) is 2.16. The van der Waals surface area contributed by atoms with Crippen LogP contribution in [0.1, 0.15) is 25.3 Å². The predicted octanol–water partition coefficient (Wildman–Crippen LogP) is 2.35. The molecule has 0 saturated carbocycles. The molecule has 0 N–H and O–H groups in total. The molecule has 104 valence electrons. The van der Waals surface area contributed by atoms with E-state index in [1.54, 1.807) is 0 Å². The fourth-order valence-electron chi connectivity index (χ4n) is 2.46. The van der Waals surface area contributed by atoms with Crippen molar-refractivity contribution in [2.24, 2.45) is 0 Å². The molecule has 1 heterocycles. The molecule has 4 nitrogen and oxygen atoms in total. The number of ether oxygens (including phenoxy) is 3. The van der Waals surface area contributed by atoms with E-state index in [0.29, 0.717) is 26.1 Å². The topological polar surface area (TPSA) is 44.8 Å². The Morgan fingerprint density at radius 1 is 1.37 bits per heavy atom. The van der Waals surface area contributed by atoms with Crippen LogP contribution in [0, 0.1) is 0 Å². The van der Waals surface area contributed by atoms with Crippen LogP contribution >= 0.6 is 0 Å². The van der Waals surface area contributed by atoms with Crippen molar-refractivity contribution >= 4 is 5.97 Å². The third-order valence-electron chi connectivity index (χ3n) is 3.38. The predicted molar refractivity (Wildman–Crippen MR) is 71.2 cm³/mol. The second-order valence-electron chi connectivity index (χ2n) is 4.69. The van der Waals surface area contributed by atoms with Crippen molar-refractivity contribution in [3.8, 4) is 5.75 Å². The summed E-state index contributed by atoms with van der Waals surface area (Å²) in [5.74, 6) is 0.560. The Bertz CT molecular complexity index is 418. The van der Waals surface area contributed by atoms with E-state index in [-0.39, 0.29) is 5.97 Å². The monoisotopic (exact) mass is 264 g/mol. The normalized spacial score (nSPS) is 22.2. The third kappa shape index (κ3) is 3.07. The lowest BCUT2D eigenvalue weighted by Crippen LogP contribution is -2.41. The molecule has 1 aliphatic rings. The molecule has 0 bridgehead atoms. The first-order valence-corrected chi connectivity index (χ1v) is 6.64. The average Bonchev–Trinajstić information content (AvgIpc) is 2.90. The maximum absolute atomic E-state index is 11.9. The van der Waals surface area contributed by atoms with E-state index < -0.39 is 5.60 Å². The molecule has 0 aromatic heterocycles. The smallest absolute Gasteiger partial charge is 0.338 e. The second-order valence-corrected chi connectivity index (χ2v) is 4.69. The average molecular weight is 264 g/mol. The van der Waals surface area contributed by atoms with Gasteiger partial charge < -0.3 is 14.2 Å². The summed E-state index contributed by atoms with van der Waals surface area (Å²) in [5, 5.41) is 0. The molecule has 19 heavy (non-hydrogen) atoms. The van der Waals surface area contributed by atoms with Crippen LogP contribution in [0.5, 0.6) is 5.75 Å². The van der Waals surface area contributed by atoms with E-state index in [1.165, 1.54) is 7.11 Å². The van der Waals surface area contributed by atoms with E-state index in [4.69, 9.17) is 14.2 Å². The lowest BCUT2D eigenvalue weighted by Gasteiger charge is -2.25. The van der Waals surface area contributed by atoms with Crippen LogP contribution in [0.15, 0.2) is 24.3 Å². The lowest BCUT2D eigenvalue weighted by molar-refractivity contribution is -0.163. The van der Waals surface area contributed by atoms with Gasteiger partial charge in [-0.25, -0.2) is 4.79 Å². The fraction of sp³-hybridized carbons (Fsp3) is 0.533. The number of hydrogen-bond donors (Lipinski definition) is 0. The maximum atomic E-state index is 11.9. The molecular formula is C15H20O4. The van der Waals surface area contributed by atoms with Gasteiger partial charge in [-0.3, -0.25) is 0 Å². The van der Waals surface area contributed by atoms with E-state index >= 15 is 0 Å². The highest BCUT2D eigenvalue weighted by atomic mass is 16.6. The van der Waals surface area contributed by atoms with Crippen LogP contribution in [0.3, 0.4) is 0 Å². The number of carbonyl (C=O) groups excluding carboxylic acids is 1. The van der Waals surface area contributed by atoms with Gasteiger partial charge in [0.1, 0.15) is 5.75 Å². The Morgan fingerprint density at radius 3 is 2.63 bits per heavy atom. The van der Waals surface area contributed by atoms with E-state index in [2.05, 4.69) is 0 Å². The Hall–Kier alpha value is -1.55. The summed E-state index contributed by atoms with van der Waals surface area (Å²) < 4.78 is 16.0. The standard InChI is InChI=1S/C15H20O4/c1-3-18-13-7-5-12(6-8-13)11-15(14(16)17-2)9-4-10-19-15/h5-8H,3-4,9-11H2,1-2H3. The minimum absolute atomic E-state index is 0.279. The second kappa shape index (κ2) is 6.06. The number of rotatable bonds is 5. The summed E-state index contributed by atoms with van der Waals surface area (Å²) in [5.41, 5.74) is 0.248. The quantitative estimate of drug-likeness (QED) is 0.766. The number of methoxy groups -OCH3 is 1. The third-order valence-corrected chi connectivity index (χ3v) is 3.38. The van der Waals surface area contributed by atoms with E-state index in [1.807, 2.05) is 31.2 Å². The van der Waals surface area contributed by atoms with Gasteiger partial charge in [-0.1, -0.05) is 12.1 Å². The molecule has 1 saturated heterocycles. The van der Waals surface area contributed by atoms with E-state index in [9.17, 15) is 4.79 Å². The Balaban J connectivity index is 2.11. The van der Waals surface area contributed by atoms with Gasteiger partial charge in [-0.05, 0) is 37.5 Å². The van der Waals surface area contributed by atoms with Crippen LogP contribution in [0.25, 0.3) is 0 Å². The number of carbonyl (C=O) groups is 1. The van der Waals surface area contributed by atoms with E-state index in [0.717, 1.165) is 17.7 Å². The summed E-state index contributed by atoms with van der Waals surface area (Å²) in [7, 11) is 1.41. The highest BCUT2D eigenvalue weighted by Gasteiger charge is 2.43. The fourth-order valence-corrected chi connectivity index (χ4v) is 2.46. The minimum Gasteiger partial charge on any atom is -0.494 e. The first kappa shape index (κ1) is 13.9. The van der Waals surface area contributed by atoms with Crippen molar-refractivity contribution < 1.29 is 19.0 Å². The van der Waals surface area contributed by atoms with Gasteiger partial charge in [0.25, 0.3) is 0 Å². The molecule has 0 aliphatic carbocycles. The summed E-state index contributed by atoms with van der Waals surface area (Å²) >= 11 is 0. The maximum Gasteiger partial charge on any atom is 0.338 e. The molecule has 1 fully saturated rings. The van der Waals surface area contributed by atoms with Gasteiger partial charge in [0.2, 0.25) is 0 Å². The zero-order valence-electron chi connectivity index (χ0n) is 11.5. The summed E-state index contributed by atoms with van der Waals surface area (Å²) in [4.78, 5) is 11.9. The van der Waals surface area contributed by atoms with Crippen molar-refractivity contribution in [3.63, 3.8) is 0 Å². The molecule has 2 rings (SSSR count). The Labute approximate surface area is 113 Å². The van der Waals surface area contributed by atoms with Gasteiger partial charge in [-0.15, -0.1) is 0 Å². The molecule has 4 heteroatoms. The van der Waals surface area contributed by atoms with Crippen molar-refractivity contribution in [3.05, 3.63) is 29.8 Å². The summed E-state index contributed by atoms with van der Waals surface area (Å²) in [6.45, 7) is 3.22. The Morgan fingerprint density at radius 2 is 2.11 bits per heavy atom. The van der Waals surface area contributed by atoms with Crippen LogP contribution in [-0.2, 0) is 20.7 Å². The minimum atomic E-state index is -0.804. The first-order valence-electron chi connectivity index (χ1n) is 6.64. The van der Waals surface area contributed by atoms with Crippen LogP contribution in [0.2, 0.25) is 0 Å². The number of benzene rings is 1. The molecular weight excluding hydrogens is 244 g/mol. The molecule has 1 atom stereocenters. The SMILES string of the molecule is CCOc1ccc(CC2(C(=O)OC)CCCO2)cc1. The van der Waals surface area contributed by atoms with Gasteiger partial charge in [-0.2, -0.15) is 0 Å². The zero-order valence-corrected chi connectivity index (χ0v) is 11.5. The largest absolute Gasteiger partial charge is 0.494 e. The van der Waals surface area contributed by atoms with Gasteiger partial charge >= 0.3 is 5.97 Å². The summed E-state index contributed by atoms with van der Waals surface area (Å²) in [6, 6.07) is 7.77. The highest BCUT2D eigenvalue weighted by molar-refractivity contribution is 5.80.